The second kappa shape index (κ2) is 8.06. The Labute approximate surface area is 141 Å². The lowest BCUT2D eigenvalue weighted by atomic mass is 9.98. The maximum atomic E-state index is 13.5. The number of hydrogen-bond donors (Lipinski definition) is 1. The number of sulfone groups is 1. The summed E-state index contributed by atoms with van der Waals surface area (Å²) in [5.41, 5.74) is 1.47. The number of rotatable bonds is 7. The molecule has 0 saturated carbocycles. The third kappa shape index (κ3) is 5.77. The standard InChI is InChI=1S/C18H20FNO3S/c1-24(22,23)12-6-11-17(21)20-18(14-7-3-2-4-8-14)15-9-5-10-16(19)13-15/h2-5,7-10,13,18H,6,11-12H2,1H3,(H,20,21)/t18-/m1/s1. The van der Waals surface area contributed by atoms with Gasteiger partial charge < -0.3 is 5.32 Å². The van der Waals surface area contributed by atoms with Crippen LogP contribution in [0.25, 0.3) is 0 Å². The number of amides is 1. The summed E-state index contributed by atoms with van der Waals surface area (Å²) >= 11 is 0. The first-order chi connectivity index (χ1) is 11.3. The monoisotopic (exact) mass is 349 g/mol. The van der Waals surface area contributed by atoms with E-state index in [0.717, 1.165) is 11.8 Å². The van der Waals surface area contributed by atoms with Crippen LogP contribution >= 0.6 is 0 Å². The molecule has 0 fully saturated rings. The van der Waals surface area contributed by atoms with Crippen molar-refractivity contribution < 1.29 is 17.6 Å². The molecule has 0 aliphatic carbocycles. The average Bonchev–Trinajstić information content (AvgIpc) is 2.52. The molecule has 0 radical (unpaired) electrons. The molecule has 0 aliphatic rings. The molecule has 24 heavy (non-hydrogen) atoms. The van der Waals surface area contributed by atoms with Gasteiger partial charge in [-0.15, -0.1) is 0 Å². The molecule has 128 valence electrons. The first kappa shape index (κ1) is 18.1. The molecule has 2 rings (SSSR count). The first-order valence-electron chi connectivity index (χ1n) is 7.62. The third-order valence-electron chi connectivity index (χ3n) is 3.54. The van der Waals surface area contributed by atoms with Crippen LogP contribution in [0.5, 0.6) is 0 Å². The Kier molecular flexibility index (Phi) is 6.09. The van der Waals surface area contributed by atoms with Crippen molar-refractivity contribution in [3.05, 3.63) is 71.5 Å². The van der Waals surface area contributed by atoms with Crippen molar-refractivity contribution in [2.24, 2.45) is 0 Å². The topological polar surface area (TPSA) is 63.2 Å². The van der Waals surface area contributed by atoms with E-state index in [1.807, 2.05) is 30.3 Å². The fourth-order valence-corrected chi connectivity index (χ4v) is 3.09. The van der Waals surface area contributed by atoms with Crippen LogP contribution in [-0.2, 0) is 14.6 Å². The number of hydrogen-bond acceptors (Lipinski definition) is 3. The van der Waals surface area contributed by atoms with Gasteiger partial charge in [-0.3, -0.25) is 4.79 Å². The largest absolute Gasteiger partial charge is 0.345 e. The highest BCUT2D eigenvalue weighted by Gasteiger charge is 2.17. The van der Waals surface area contributed by atoms with E-state index in [1.165, 1.54) is 12.1 Å². The summed E-state index contributed by atoms with van der Waals surface area (Å²) < 4.78 is 35.8. The zero-order valence-corrected chi connectivity index (χ0v) is 14.2. The van der Waals surface area contributed by atoms with E-state index in [1.54, 1.807) is 12.1 Å². The smallest absolute Gasteiger partial charge is 0.220 e. The van der Waals surface area contributed by atoms with Crippen LogP contribution in [0.3, 0.4) is 0 Å². The van der Waals surface area contributed by atoms with E-state index in [9.17, 15) is 17.6 Å². The summed E-state index contributed by atoms with van der Waals surface area (Å²) in [6.45, 7) is 0. The van der Waals surface area contributed by atoms with Crippen LogP contribution < -0.4 is 5.32 Å². The minimum Gasteiger partial charge on any atom is -0.345 e. The van der Waals surface area contributed by atoms with Gasteiger partial charge in [-0.25, -0.2) is 12.8 Å². The molecule has 1 atom stereocenters. The Hall–Kier alpha value is -2.21. The molecule has 0 saturated heterocycles. The molecular weight excluding hydrogens is 329 g/mol. The highest BCUT2D eigenvalue weighted by molar-refractivity contribution is 7.90. The van der Waals surface area contributed by atoms with Crippen LogP contribution in [0, 0.1) is 5.82 Å². The van der Waals surface area contributed by atoms with Crippen LogP contribution in [0.15, 0.2) is 54.6 Å². The SMILES string of the molecule is CS(=O)(=O)CCCC(=O)N[C@H](c1ccccc1)c1cccc(F)c1. The van der Waals surface area contributed by atoms with Crippen molar-refractivity contribution in [1.82, 2.24) is 5.32 Å². The molecule has 0 spiro atoms. The van der Waals surface area contributed by atoms with Crippen molar-refractivity contribution in [2.75, 3.05) is 12.0 Å². The highest BCUT2D eigenvalue weighted by atomic mass is 32.2. The van der Waals surface area contributed by atoms with E-state index < -0.39 is 15.9 Å². The van der Waals surface area contributed by atoms with Crippen LogP contribution in [0.2, 0.25) is 0 Å². The van der Waals surface area contributed by atoms with Gasteiger partial charge in [0, 0.05) is 12.7 Å². The van der Waals surface area contributed by atoms with E-state index in [-0.39, 0.29) is 30.3 Å². The van der Waals surface area contributed by atoms with Gasteiger partial charge in [0.2, 0.25) is 5.91 Å². The zero-order chi connectivity index (χ0) is 17.6. The molecule has 2 aromatic carbocycles. The lowest BCUT2D eigenvalue weighted by Gasteiger charge is -2.20. The molecule has 0 bridgehead atoms. The summed E-state index contributed by atoms with van der Waals surface area (Å²) in [7, 11) is -3.09. The molecule has 0 aliphatic heterocycles. The minimum absolute atomic E-state index is 0.0314. The van der Waals surface area contributed by atoms with E-state index in [0.29, 0.717) is 5.56 Å². The van der Waals surface area contributed by atoms with Gasteiger partial charge >= 0.3 is 0 Å². The predicted octanol–water partition coefficient (Wildman–Crippen LogP) is 2.86. The number of nitrogens with one attached hydrogen (secondary N) is 1. The number of carbonyl (C=O) groups is 1. The Bertz CT molecular complexity index is 791. The van der Waals surface area contributed by atoms with Gasteiger partial charge in [0.25, 0.3) is 0 Å². The first-order valence-corrected chi connectivity index (χ1v) is 9.69. The minimum atomic E-state index is -3.09. The summed E-state index contributed by atoms with van der Waals surface area (Å²) in [6.07, 6.45) is 1.51. The summed E-state index contributed by atoms with van der Waals surface area (Å²) in [5.74, 6) is -0.673. The van der Waals surface area contributed by atoms with Gasteiger partial charge in [0.05, 0.1) is 11.8 Å². The van der Waals surface area contributed by atoms with Crippen molar-refractivity contribution in [2.45, 2.75) is 18.9 Å². The summed E-state index contributed by atoms with van der Waals surface area (Å²) in [6, 6.07) is 14.8. The summed E-state index contributed by atoms with van der Waals surface area (Å²) in [5, 5.41) is 2.86. The molecule has 1 N–H and O–H groups in total. The Morgan fingerprint density at radius 1 is 1.08 bits per heavy atom. The lowest BCUT2D eigenvalue weighted by Crippen LogP contribution is -2.29. The molecule has 0 aromatic heterocycles. The molecule has 0 unspecified atom stereocenters. The molecule has 6 heteroatoms. The number of benzene rings is 2. The average molecular weight is 349 g/mol. The lowest BCUT2D eigenvalue weighted by molar-refractivity contribution is -0.121. The second-order valence-corrected chi connectivity index (χ2v) is 7.96. The molecule has 0 heterocycles. The van der Waals surface area contributed by atoms with Crippen LogP contribution in [0.1, 0.15) is 30.0 Å². The highest BCUT2D eigenvalue weighted by Crippen LogP contribution is 2.22. The maximum absolute atomic E-state index is 13.5. The fourth-order valence-electron chi connectivity index (χ4n) is 2.42. The zero-order valence-electron chi connectivity index (χ0n) is 13.4. The van der Waals surface area contributed by atoms with Crippen LogP contribution in [-0.4, -0.2) is 26.3 Å². The fraction of sp³-hybridized carbons (Fsp3) is 0.278. The van der Waals surface area contributed by atoms with Crippen molar-refractivity contribution in [1.29, 1.82) is 0 Å². The maximum Gasteiger partial charge on any atom is 0.220 e. The molecule has 4 nitrogen and oxygen atoms in total. The number of halogens is 1. The molecule has 2 aromatic rings. The molecular formula is C18H20FNO3S. The number of carbonyl (C=O) groups excluding carboxylic acids is 1. The van der Waals surface area contributed by atoms with E-state index in [4.69, 9.17) is 0 Å². The predicted molar refractivity (Wildman–Crippen MR) is 91.8 cm³/mol. The molecule has 1 amide bonds. The second-order valence-electron chi connectivity index (χ2n) is 5.70. The Morgan fingerprint density at radius 3 is 2.38 bits per heavy atom. The van der Waals surface area contributed by atoms with E-state index >= 15 is 0 Å². The van der Waals surface area contributed by atoms with Gasteiger partial charge in [0.1, 0.15) is 15.7 Å². The normalized spacial score (nSPS) is 12.6. The summed E-state index contributed by atoms with van der Waals surface area (Å²) in [4.78, 5) is 12.2. The van der Waals surface area contributed by atoms with Gasteiger partial charge in [-0.05, 0) is 29.7 Å². The van der Waals surface area contributed by atoms with E-state index in [2.05, 4.69) is 5.32 Å². The van der Waals surface area contributed by atoms with Crippen molar-refractivity contribution >= 4 is 15.7 Å². The van der Waals surface area contributed by atoms with Gasteiger partial charge in [0.15, 0.2) is 0 Å². The Morgan fingerprint density at radius 2 is 1.75 bits per heavy atom. The van der Waals surface area contributed by atoms with Gasteiger partial charge in [-0.2, -0.15) is 0 Å². The van der Waals surface area contributed by atoms with Crippen molar-refractivity contribution in [3.63, 3.8) is 0 Å². The van der Waals surface area contributed by atoms with Crippen LogP contribution in [0.4, 0.5) is 4.39 Å². The van der Waals surface area contributed by atoms with Crippen molar-refractivity contribution in [3.8, 4) is 0 Å². The third-order valence-corrected chi connectivity index (χ3v) is 4.57. The Balaban J connectivity index is 2.14. The quantitative estimate of drug-likeness (QED) is 0.836. The van der Waals surface area contributed by atoms with Gasteiger partial charge in [-0.1, -0.05) is 42.5 Å².